The molecule has 0 saturated heterocycles. The number of fused-ring (bicyclic) bond motifs is 4. The fourth-order valence-corrected chi connectivity index (χ4v) is 8.41. The predicted octanol–water partition coefficient (Wildman–Crippen LogP) is 9.03. The zero-order valence-electron chi connectivity index (χ0n) is 31.0. The van der Waals surface area contributed by atoms with Crippen molar-refractivity contribution < 1.29 is 24.2 Å². The Morgan fingerprint density at radius 1 is 1.04 bits per heavy atom. The number of hydrogen-bond acceptors (Lipinski definition) is 5. The van der Waals surface area contributed by atoms with Crippen LogP contribution in [0.1, 0.15) is 68.3 Å². The minimum absolute atomic E-state index is 0.0944. The standard InChI is InChI=1S/C41H43Cl2N5O5/c1-22-19-27(20-23(2)36(22)42)53-17-10-13-29-28-11-8-12-30(34-24(3)44-45(6)25(34)4)37(28)47-26(5)39(43)48(40(49)38(29)47)33-15-9-14-32-35(33)31(41(50)51)21-46(32)16-18-52-7/h8-9,11-12,14-15,19-21,26,39H,10,13,16-18H2,1-7H3,(H,50,51)/t26-,39?/m1/s1. The molecule has 1 unspecified atom stereocenters. The van der Waals surface area contributed by atoms with Gasteiger partial charge in [0.05, 0.1) is 47.2 Å². The molecule has 0 spiro atoms. The predicted molar refractivity (Wildman–Crippen MR) is 210 cm³/mol. The SMILES string of the molecule is COCCn1cc(C(=O)O)c2c(N3C(=O)c4c(CCCOc5cc(C)c(Cl)c(C)c5)c5cccc(-c6c(C)nn(C)c6C)c5n4[C@H](C)C3Cl)cccc21. The van der Waals surface area contributed by atoms with Crippen LogP contribution in [0.15, 0.2) is 54.7 Å². The molecule has 6 aromatic rings. The van der Waals surface area contributed by atoms with Crippen molar-refractivity contribution in [1.29, 1.82) is 0 Å². The lowest BCUT2D eigenvalue weighted by atomic mass is 9.98. The molecule has 7 rings (SSSR count). The minimum Gasteiger partial charge on any atom is -0.494 e. The summed E-state index contributed by atoms with van der Waals surface area (Å²) in [5, 5.41) is 17.2. The second-order valence-electron chi connectivity index (χ2n) is 13.9. The Morgan fingerprint density at radius 2 is 1.75 bits per heavy atom. The van der Waals surface area contributed by atoms with Crippen LogP contribution in [0.5, 0.6) is 5.75 Å². The molecule has 3 aromatic heterocycles. The van der Waals surface area contributed by atoms with Gasteiger partial charge in [-0.15, -0.1) is 0 Å². The summed E-state index contributed by atoms with van der Waals surface area (Å²) >= 11 is 13.8. The number of carboxylic acid groups (broad SMARTS) is 1. The van der Waals surface area contributed by atoms with Gasteiger partial charge in [0.25, 0.3) is 5.91 Å². The summed E-state index contributed by atoms with van der Waals surface area (Å²) in [5.74, 6) is -0.633. The first-order valence-electron chi connectivity index (χ1n) is 17.7. The average molecular weight is 757 g/mol. The highest BCUT2D eigenvalue weighted by Gasteiger charge is 2.42. The molecule has 1 amide bonds. The maximum atomic E-state index is 15.2. The smallest absolute Gasteiger partial charge is 0.337 e. The van der Waals surface area contributed by atoms with Crippen LogP contribution in [-0.4, -0.2) is 61.7 Å². The summed E-state index contributed by atoms with van der Waals surface area (Å²) in [5.41, 5.74) is 8.53. The average Bonchev–Trinajstić information content (AvgIpc) is 3.76. The second kappa shape index (κ2) is 14.2. The van der Waals surface area contributed by atoms with Crippen LogP contribution in [0.2, 0.25) is 5.02 Å². The Balaban J connectivity index is 1.39. The number of ether oxygens (including phenoxy) is 2. The van der Waals surface area contributed by atoms with Crippen molar-refractivity contribution in [3.05, 3.63) is 99.1 Å². The Morgan fingerprint density at radius 3 is 2.42 bits per heavy atom. The van der Waals surface area contributed by atoms with E-state index in [9.17, 15) is 9.90 Å². The Hall–Kier alpha value is -4.77. The lowest BCUT2D eigenvalue weighted by molar-refractivity contribution is 0.0698. The van der Waals surface area contributed by atoms with E-state index >= 15 is 4.79 Å². The first-order valence-corrected chi connectivity index (χ1v) is 18.5. The number of rotatable bonds is 11. The molecular weight excluding hydrogens is 713 g/mol. The number of aromatic carboxylic acids is 1. The van der Waals surface area contributed by atoms with Crippen molar-refractivity contribution in [3.63, 3.8) is 0 Å². The number of alkyl halides is 1. The molecule has 10 nitrogen and oxygen atoms in total. The molecule has 1 aliphatic rings. The second-order valence-corrected chi connectivity index (χ2v) is 14.7. The third kappa shape index (κ3) is 6.06. The number of para-hydroxylation sites is 1. The molecule has 0 saturated carbocycles. The number of carboxylic acids is 1. The van der Waals surface area contributed by atoms with Gasteiger partial charge >= 0.3 is 5.97 Å². The van der Waals surface area contributed by atoms with E-state index in [1.54, 1.807) is 24.3 Å². The number of halogens is 2. The van der Waals surface area contributed by atoms with E-state index in [0.29, 0.717) is 54.9 Å². The van der Waals surface area contributed by atoms with Gasteiger partial charge < -0.3 is 23.7 Å². The fraction of sp³-hybridized carbons (Fsp3) is 0.341. The number of carbonyl (C=O) groups is 2. The molecule has 12 heteroatoms. The number of anilines is 1. The third-order valence-corrected chi connectivity index (χ3v) is 11.7. The summed E-state index contributed by atoms with van der Waals surface area (Å²) in [6.07, 6.45) is 2.79. The first-order chi connectivity index (χ1) is 25.3. The van der Waals surface area contributed by atoms with Crippen LogP contribution in [-0.2, 0) is 24.8 Å². The van der Waals surface area contributed by atoms with Crippen LogP contribution in [0.3, 0.4) is 0 Å². The van der Waals surface area contributed by atoms with Gasteiger partial charge in [0, 0.05) is 59.5 Å². The number of nitrogens with zero attached hydrogens (tertiary/aromatic N) is 5. The summed E-state index contributed by atoms with van der Waals surface area (Å²) in [6, 6.07) is 15.1. The maximum absolute atomic E-state index is 15.2. The van der Waals surface area contributed by atoms with Gasteiger partial charge in [0.2, 0.25) is 0 Å². The molecule has 4 heterocycles. The number of aryl methyl sites for hydroxylation is 5. The molecule has 0 fully saturated rings. The minimum atomic E-state index is -1.09. The topological polar surface area (TPSA) is 104 Å². The van der Waals surface area contributed by atoms with Crippen LogP contribution in [0, 0.1) is 27.7 Å². The van der Waals surface area contributed by atoms with Crippen molar-refractivity contribution in [3.8, 4) is 16.9 Å². The van der Waals surface area contributed by atoms with E-state index in [2.05, 4.69) is 16.7 Å². The Bertz CT molecular complexity index is 2400. The van der Waals surface area contributed by atoms with E-state index in [1.165, 1.54) is 0 Å². The maximum Gasteiger partial charge on any atom is 0.337 e. The van der Waals surface area contributed by atoms with Crippen molar-refractivity contribution >= 4 is 62.6 Å². The molecule has 0 aliphatic carbocycles. The van der Waals surface area contributed by atoms with Crippen molar-refractivity contribution in [2.45, 2.75) is 65.5 Å². The van der Waals surface area contributed by atoms with Crippen molar-refractivity contribution in [1.82, 2.24) is 18.9 Å². The van der Waals surface area contributed by atoms with Gasteiger partial charge in [0.15, 0.2) is 0 Å². The molecular formula is C41H43Cl2N5O5. The van der Waals surface area contributed by atoms with E-state index in [4.69, 9.17) is 37.8 Å². The fourth-order valence-electron chi connectivity index (χ4n) is 8.00. The zero-order chi connectivity index (χ0) is 37.9. The van der Waals surface area contributed by atoms with Gasteiger partial charge in [0.1, 0.15) is 16.9 Å². The quantitative estimate of drug-likeness (QED) is 0.0805. The van der Waals surface area contributed by atoms with E-state index in [1.807, 2.05) is 81.2 Å². The lowest BCUT2D eigenvalue weighted by Crippen LogP contribution is -2.48. The van der Waals surface area contributed by atoms with Gasteiger partial charge in [-0.05, 0) is 88.4 Å². The molecule has 276 valence electrons. The van der Waals surface area contributed by atoms with Gasteiger partial charge in [-0.25, -0.2) is 4.79 Å². The molecule has 53 heavy (non-hydrogen) atoms. The number of aromatic nitrogens is 4. The molecule has 1 N–H and O–H groups in total. The molecule has 3 aromatic carbocycles. The molecule has 1 aliphatic heterocycles. The summed E-state index contributed by atoms with van der Waals surface area (Å²) in [6.45, 7) is 11.3. The van der Waals surface area contributed by atoms with Crippen molar-refractivity contribution in [2.24, 2.45) is 7.05 Å². The summed E-state index contributed by atoms with van der Waals surface area (Å²) in [4.78, 5) is 29.4. The highest BCUT2D eigenvalue weighted by atomic mass is 35.5. The number of benzene rings is 3. The highest BCUT2D eigenvalue weighted by Crippen LogP contribution is 2.46. The van der Waals surface area contributed by atoms with Crippen LogP contribution in [0.4, 0.5) is 5.69 Å². The third-order valence-electron chi connectivity index (χ3n) is 10.5. The van der Waals surface area contributed by atoms with Crippen molar-refractivity contribution in [2.75, 3.05) is 25.2 Å². The van der Waals surface area contributed by atoms with Gasteiger partial charge in [-0.3, -0.25) is 14.4 Å². The summed E-state index contributed by atoms with van der Waals surface area (Å²) < 4.78 is 17.3. The molecule has 2 atom stereocenters. The first kappa shape index (κ1) is 36.6. The number of methoxy groups -OCH3 is 1. The van der Waals surface area contributed by atoms with E-state index in [-0.39, 0.29) is 11.5 Å². The normalized spacial score (nSPS) is 15.9. The highest BCUT2D eigenvalue weighted by molar-refractivity contribution is 6.32. The van der Waals surface area contributed by atoms with Crippen LogP contribution < -0.4 is 9.64 Å². The van der Waals surface area contributed by atoms with Crippen LogP contribution >= 0.6 is 23.2 Å². The Kier molecular flexibility index (Phi) is 9.82. The lowest BCUT2D eigenvalue weighted by Gasteiger charge is -2.39. The largest absolute Gasteiger partial charge is 0.494 e. The van der Waals surface area contributed by atoms with E-state index in [0.717, 1.165) is 60.9 Å². The van der Waals surface area contributed by atoms with Crippen LogP contribution in [0.25, 0.3) is 32.9 Å². The molecule has 0 bridgehead atoms. The monoisotopic (exact) mass is 755 g/mol. The van der Waals surface area contributed by atoms with E-state index < -0.39 is 17.5 Å². The Labute approximate surface area is 318 Å². The van der Waals surface area contributed by atoms with Gasteiger partial charge in [-0.1, -0.05) is 47.5 Å². The number of carbonyl (C=O) groups excluding carboxylic acids is 1. The number of amides is 1. The summed E-state index contributed by atoms with van der Waals surface area (Å²) in [7, 11) is 3.54. The number of hydrogen-bond donors (Lipinski definition) is 1. The molecule has 0 radical (unpaired) electrons. The zero-order valence-corrected chi connectivity index (χ0v) is 32.5. The van der Waals surface area contributed by atoms with Gasteiger partial charge in [-0.2, -0.15) is 5.10 Å².